The fourth-order valence-electron chi connectivity index (χ4n) is 2.75. The smallest absolute Gasteiger partial charge is 0.260 e. The van der Waals surface area contributed by atoms with Gasteiger partial charge in [-0.25, -0.2) is 0 Å². The molecule has 22 heavy (non-hydrogen) atoms. The minimum Gasteiger partial charge on any atom is -0.481 e. The first kappa shape index (κ1) is 16.8. The maximum atomic E-state index is 12.2. The summed E-state index contributed by atoms with van der Waals surface area (Å²) < 4.78 is 5.71. The Hall–Kier alpha value is -1.55. The lowest BCUT2D eigenvalue weighted by atomic mass is 10.0. The first-order valence-electron chi connectivity index (χ1n) is 8.23. The van der Waals surface area contributed by atoms with Crippen molar-refractivity contribution in [1.82, 2.24) is 10.2 Å². The summed E-state index contributed by atoms with van der Waals surface area (Å²) in [5.41, 5.74) is 1.18. The van der Waals surface area contributed by atoms with Crippen LogP contribution >= 0.6 is 0 Å². The van der Waals surface area contributed by atoms with E-state index in [0.717, 1.165) is 31.7 Å². The van der Waals surface area contributed by atoms with Gasteiger partial charge in [0.05, 0.1) is 0 Å². The van der Waals surface area contributed by atoms with Crippen molar-refractivity contribution in [2.45, 2.75) is 58.7 Å². The SMILES string of the molecule is Cc1ccc(OC(C)C(=O)NC2CCN(C(C)C)CC2)cc1. The second-order valence-corrected chi connectivity index (χ2v) is 6.49. The summed E-state index contributed by atoms with van der Waals surface area (Å²) in [7, 11) is 0. The molecular formula is C18H28N2O2. The predicted molar refractivity (Wildman–Crippen MR) is 89.1 cm³/mol. The van der Waals surface area contributed by atoms with E-state index < -0.39 is 6.10 Å². The fourth-order valence-corrected chi connectivity index (χ4v) is 2.75. The number of likely N-dealkylation sites (tertiary alicyclic amines) is 1. The minimum absolute atomic E-state index is 0.0245. The number of aryl methyl sites for hydroxylation is 1. The van der Waals surface area contributed by atoms with E-state index in [1.54, 1.807) is 6.92 Å². The van der Waals surface area contributed by atoms with E-state index in [-0.39, 0.29) is 11.9 Å². The molecule has 1 aromatic rings. The van der Waals surface area contributed by atoms with E-state index >= 15 is 0 Å². The molecule has 2 rings (SSSR count). The number of amides is 1. The molecule has 1 aliphatic rings. The summed E-state index contributed by atoms with van der Waals surface area (Å²) in [6, 6.07) is 8.64. The summed E-state index contributed by atoms with van der Waals surface area (Å²) in [6.45, 7) is 10.4. The molecule has 0 aliphatic carbocycles. The van der Waals surface area contributed by atoms with Gasteiger partial charge in [0.1, 0.15) is 5.75 Å². The average molecular weight is 304 g/mol. The topological polar surface area (TPSA) is 41.6 Å². The van der Waals surface area contributed by atoms with Crippen LogP contribution in [0.4, 0.5) is 0 Å². The molecule has 0 bridgehead atoms. The summed E-state index contributed by atoms with van der Waals surface area (Å²) in [5, 5.41) is 3.12. The quantitative estimate of drug-likeness (QED) is 0.909. The van der Waals surface area contributed by atoms with E-state index in [0.29, 0.717) is 6.04 Å². The summed E-state index contributed by atoms with van der Waals surface area (Å²) >= 11 is 0. The summed E-state index contributed by atoms with van der Waals surface area (Å²) in [5.74, 6) is 0.714. The standard InChI is InChI=1S/C18H28N2O2/c1-13(2)20-11-9-16(10-12-20)19-18(21)15(4)22-17-7-5-14(3)6-8-17/h5-8,13,15-16H,9-12H2,1-4H3,(H,19,21). The third-order valence-electron chi connectivity index (χ3n) is 4.31. The van der Waals surface area contributed by atoms with Gasteiger partial charge in [-0.15, -0.1) is 0 Å². The van der Waals surface area contributed by atoms with Crippen molar-refractivity contribution in [3.8, 4) is 5.75 Å². The molecule has 1 saturated heterocycles. The van der Waals surface area contributed by atoms with Gasteiger partial charge in [0.15, 0.2) is 6.10 Å². The van der Waals surface area contributed by atoms with E-state index in [2.05, 4.69) is 24.1 Å². The Morgan fingerprint density at radius 1 is 1.18 bits per heavy atom. The van der Waals surface area contributed by atoms with Crippen LogP contribution in [0, 0.1) is 6.92 Å². The van der Waals surface area contributed by atoms with Crippen LogP contribution in [0.2, 0.25) is 0 Å². The molecule has 0 saturated carbocycles. The van der Waals surface area contributed by atoms with Crippen LogP contribution < -0.4 is 10.1 Å². The van der Waals surface area contributed by atoms with Crippen LogP contribution in [-0.2, 0) is 4.79 Å². The molecule has 4 nitrogen and oxygen atoms in total. The lowest BCUT2D eigenvalue weighted by Crippen LogP contribution is -2.49. The second-order valence-electron chi connectivity index (χ2n) is 6.49. The van der Waals surface area contributed by atoms with E-state index in [4.69, 9.17) is 4.74 Å². The van der Waals surface area contributed by atoms with Gasteiger partial charge in [-0.1, -0.05) is 17.7 Å². The molecular weight excluding hydrogens is 276 g/mol. The molecule has 1 fully saturated rings. The zero-order chi connectivity index (χ0) is 16.1. The van der Waals surface area contributed by atoms with Crippen LogP contribution in [0.3, 0.4) is 0 Å². The molecule has 0 aromatic heterocycles. The molecule has 0 radical (unpaired) electrons. The lowest BCUT2D eigenvalue weighted by molar-refractivity contribution is -0.128. The Balaban J connectivity index is 1.78. The molecule has 1 unspecified atom stereocenters. The van der Waals surface area contributed by atoms with Crippen molar-refractivity contribution < 1.29 is 9.53 Å². The van der Waals surface area contributed by atoms with Crippen LogP contribution in [0.25, 0.3) is 0 Å². The number of hydrogen-bond donors (Lipinski definition) is 1. The molecule has 1 heterocycles. The number of benzene rings is 1. The van der Waals surface area contributed by atoms with Gasteiger partial charge < -0.3 is 15.0 Å². The molecule has 4 heteroatoms. The van der Waals surface area contributed by atoms with Crippen molar-refractivity contribution >= 4 is 5.91 Å². The highest BCUT2D eigenvalue weighted by Gasteiger charge is 2.24. The van der Waals surface area contributed by atoms with Crippen molar-refractivity contribution in [1.29, 1.82) is 0 Å². The zero-order valence-electron chi connectivity index (χ0n) is 14.1. The number of carbonyl (C=O) groups is 1. The molecule has 1 aliphatic heterocycles. The van der Waals surface area contributed by atoms with Gasteiger partial charge in [-0.2, -0.15) is 0 Å². The van der Waals surface area contributed by atoms with Gasteiger partial charge >= 0.3 is 0 Å². The number of piperidine rings is 1. The van der Waals surface area contributed by atoms with Crippen molar-refractivity contribution in [3.63, 3.8) is 0 Å². The normalized spacial score (nSPS) is 18.2. The number of hydrogen-bond acceptors (Lipinski definition) is 3. The van der Waals surface area contributed by atoms with Crippen LogP contribution in [-0.4, -0.2) is 42.1 Å². The van der Waals surface area contributed by atoms with Gasteiger partial charge in [0.2, 0.25) is 0 Å². The highest BCUT2D eigenvalue weighted by atomic mass is 16.5. The molecule has 122 valence electrons. The number of ether oxygens (including phenoxy) is 1. The highest BCUT2D eigenvalue weighted by molar-refractivity contribution is 5.81. The first-order chi connectivity index (χ1) is 10.5. The van der Waals surface area contributed by atoms with Crippen molar-refractivity contribution in [2.24, 2.45) is 0 Å². The van der Waals surface area contributed by atoms with Crippen LogP contribution in [0.1, 0.15) is 39.2 Å². The summed E-state index contributed by atoms with van der Waals surface area (Å²) in [6.07, 6.45) is 1.56. The zero-order valence-corrected chi connectivity index (χ0v) is 14.1. The predicted octanol–water partition coefficient (Wildman–Crippen LogP) is 2.75. The van der Waals surface area contributed by atoms with Crippen molar-refractivity contribution in [2.75, 3.05) is 13.1 Å². The molecule has 0 spiro atoms. The first-order valence-corrected chi connectivity index (χ1v) is 8.23. The number of nitrogens with one attached hydrogen (secondary N) is 1. The Bertz CT molecular complexity index is 476. The maximum Gasteiger partial charge on any atom is 0.260 e. The minimum atomic E-state index is -0.467. The summed E-state index contributed by atoms with van der Waals surface area (Å²) in [4.78, 5) is 14.7. The fraction of sp³-hybridized carbons (Fsp3) is 0.611. The average Bonchev–Trinajstić information content (AvgIpc) is 2.50. The maximum absolute atomic E-state index is 12.2. The van der Waals surface area contributed by atoms with Crippen molar-refractivity contribution in [3.05, 3.63) is 29.8 Å². The monoisotopic (exact) mass is 304 g/mol. The van der Waals surface area contributed by atoms with Crippen LogP contribution in [0.5, 0.6) is 5.75 Å². The van der Waals surface area contributed by atoms with Gasteiger partial charge in [0, 0.05) is 25.2 Å². The third-order valence-corrected chi connectivity index (χ3v) is 4.31. The lowest BCUT2D eigenvalue weighted by Gasteiger charge is -2.35. The molecule has 1 amide bonds. The number of nitrogens with zero attached hydrogens (tertiary/aromatic N) is 1. The Labute approximate surface area is 133 Å². The Kier molecular flexibility index (Phi) is 5.83. The van der Waals surface area contributed by atoms with Gasteiger partial charge in [0.25, 0.3) is 5.91 Å². The van der Waals surface area contributed by atoms with E-state index in [1.165, 1.54) is 5.56 Å². The molecule has 1 N–H and O–H groups in total. The van der Waals surface area contributed by atoms with Crippen LogP contribution in [0.15, 0.2) is 24.3 Å². The second kappa shape index (κ2) is 7.63. The molecule has 1 atom stereocenters. The highest BCUT2D eigenvalue weighted by Crippen LogP contribution is 2.15. The van der Waals surface area contributed by atoms with Gasteiger partial charge in [-0.05, 0) is 52.7 Å². The van der Waals surface area contributed by atoms with E-state index in [9.17, 15) is 4.79 Å². The Morgan fingerprint density at radius 2 is 1.77 bits per heavy atom. The largest absolute Gasteiger partial charge is 0.481 e. The third kappa shape index (κ3) is 4.73. The van der Waals surface area contributed by atoms with Gasteiger partial charge in [-0.3, -0.25) is 4.79 Å². The number of carbonyl (C=O) groups excluding carboxylic acids is 1. The number of rotatable bonds is 5. The molecule has 1 aromatic carbocycles. The Morgan fingerprint density at radius 3 is 2.32 bits per heavy atom. The van der Waals surface area contributed by atoms with E-state index in [1.807, 2.05) is 31.2 Å².